The average molecular weight is 185 g/mol. The van der Waals surface area contributed by atoms with Crippen LogP contribution in [0.3, 0.4) is 0 Å². The van der Waals surface area contributed by atoms with E-state index in [1.807, 2.05) is 13.8 Å². The summed E-state index contributed by atoms with van der Waals surface area (Å²) in [6.07, 6.45) is 0.678. The first-order valence-electron chi connectivity index (χ1n) is 4.54. The van der Waals surface area contributed by atoms with E-state index in [1.54, 1.807) is 6.92 Å². The van der Waals surface area contributed by atoms with Crippen LogP contribution in [0.15, 0.2) is 12.2 Å². The molecule has 0 aliphatic heterocycles. The second kappa shape index (κ2) is 5.75. The zero-order valence-corrected chi connectivity index (χ0v) is 8.67. The normalized spacial score (nSPS) is 12.7. The molecule has 0 saturated heterocycles. The van der Waals surface area contributed by atoms with E-state index in [9.17, 15) is 4.79 Å². The predicted octanol–water partition coefficient (Wildman–Crippen LogP) is 1.48. The summed E-state index contributed by atoms with van der Waals surface area (Å²) in [6.45, 7) is 9.77. The lowest BCUT2D eigenvalue weighted by molar-refractivity contribution is -0.139. The van der Waals surface area contributed by atoms with Crippen LogP contribution >= 0.6 is 0 Å². The summed E-state index contributed by atoms with van der Waals surface area (Å²) in [5, 5.41) is 0. The Morgan fingerprint density at radius 3 is 2.38 bits per heavy atom. The Labute approximate surface area is 79.9 Å². The largest absolute Gasteiger partial charge is 0.461 e. The molecule has 0 radical (unpaired) electrons. The monoisotopic (exact) mass is 185 g/mol. The second-order valence-corrected chi connectivity index (χ2v) is 3.78. The van der Waals surface area contributed by atoms with E-state index in [0.29, 0.717) is 17.9 Å². The van der Waals surface area contributed by atoms with Gasteiger partial charge in [0.25, 0.3) is 0 Å². The molecule has 0 aliphatic carbocycles. The molecule has 1 unspecified atom stereocenters. The molecule has 1 atom stereocenters. The zero-order chi connectivity index (χ0) is 10.4. The highest BCUT2D eigenvalue weighted by Crippen LogP contribution is 2.09. The Bertz CT molecular complexity index is 185. The number of hydrogen-bond donors (Lipinski definition) is 1. The van der Waals surface area contributed by atoms with Crippen molar-refractivity contribution in [1.82, 2.24) is 0 Å². The van der Waals surface area contributed by atoms with Crippen molar-refractivity contribution in [1.29, 1.82) is 0 Å². The van der Waals surface area contributed by atoms with Crippen LogP contribution in [-0.4, -0.2) is 18.6 Å². The van der Waals surface area contributed by atoms with Gasteiger partial charge in [-0.1, -0.05) is 20.4 Å². The molecular formula is C10H19NO2. The van der Waals surface area contributed by atoms with E-state index >= 15 is 0 Å². The Kier molecular flexibility index (Phi) is 5.39. The first-order chi connectivity index (χ1) is 5.93. The van der Waals surface area contributed by atoms with Crippen molar-refractivity contribution < 1.29 is 9.53 Å². The highest BCUT2D eigenvalue weighted by atomic mass is 16.5. The van der Waals surface area contributed by atoms with E-state index in [-0.39, 0.29) is 18.6 Å². The van der Waals surface area contributed by atoms with Crippen LogP contribution < -0.4 is 5.73 Å². The summed E-state index contributed by atoms with van der Waals surface area (Å²) in [7, 11) is 0. The van der Waals surface area contributed by atoms with Crippen molar-refractivity contribution in [2.24, 2.45) is 11.7 Å². The molecule has 2 N–H and O–H groups in total. The van der Waals surface area contributed by atoms with Gasteiger partial charge in [0.05, 0.1) is 0 Å². The number of esters is 1. The maximum atomic E-state index is 11.2. The molecule has 3 heteroatoms. The van der Waals surface area contributed by atoms with Crippen molar-refractivity contribution in [2.75, 3.05) is 6.61 Å². The van der Waals surface area contributed by atoms with Crippen LogP contribution in [0.1, 0.15) is 27.2 Å². The molecule has 0 aromatic carbocycles. The smallest absolute Gasteiger partial charge is 0.333 e. The minimum atomic E-state index is -0.328. The van der Waals surface area contributed by atoms with Gasteiger partial charge in [0, 0.05) is 11.6 Å². The Morgan fingerprint density at radius 2 is 2.00 bits per heavy atom. The van der Waals surface area contributed by atoms with Crippen LogP contribution in [0, 0.1) is 5.92 Å². The van der Waals surface area contributed by atoms with Gasteiger partial charge in [-0.05, 0) is 19.3 Å². The van der Waals surface area contributed by atoms with E-state index < -0.39 is 0 Å². The summed E-state index contributed by atoms with van der Waals surface area (Å²) in [4.78, 5) is 11.2. The minimum Gasteiger partial charge on any atom is -0.461 e. The van der Waals surface area contributed by atoms with Crippen molar-refractivity contribution in [3.63, 3.8) is 0 Å². The molecule has 0 bridgehead atoms. The molecule has 0 saturated carbocycles. The summed E-state index contributed by atoms with van der Waals surface area (Å²) < 4.78 is 4.90. The molecule has 0 spiro atoms. The molecule has 76 valence electrons. The van der Waals surface area contributed by atoms with E-state index in [2.05, 4.69) is 6.58 Å². The van der Waals surface area contributed by atoms with Gasteiger partial charge in [-0.15, -0.1) is 0 Å². The molecule has 0 fully saturated rings. The van der Waals surface area contributed by atoms with Crippen LogP contribution in [0.25, 0.3) is 0 Å². The van der Waals surface area contributed by atoms with Gasteiger partial charge in [-0.25, -0.2) is 4.79 Å². The standard InChI is InChI=1S/C10H19NO2/c1-7(2)5-8(3)10(12)13-6-9(4)11/h7,9H,3,5-6,11H2,1-2,4H3. The zero-order valence-electron chi connectivity index (χ0n) is 8.67. The highest BCUT2D eigenvalue weighted by Gasteiger charge is 2.10. The number of nitrogens with two attached hydrogens (primary N) is 1. The first-order valence-corrected chi connectivity index (χ1v) is 4.54. The predicted molar refractivity (Wildman–Crippen MR) is 53.2 cm³/mol. The molecule has 0 aromatic heterocycles. The third kappa shape index (κ3) is 6.34. The van der Waals surface area contributed by atoms with Crippen LogP contribution in [0.2, 0.25) is 0 Å². The van der Waals surface area contributed by atoms with E-state index in [0.717, 1.165) is 0 Å². The van der Waals surface area contributed by atoms with Crippen molar-refractivity contribution in [3.8, 4) is 0 Å². The second-order valence-electron chi connectivity index (χ2n) is 3.78. The SMILES string of the molecule is C=C(CC(C)C)C(=O)OCC(C)N. The Balaban J connectivity index is 3.77. The van der Waals surface area contributed by atoms with Crippen LogP contribution in [0.4, 0.5) is 0 Å². The lowest BCUT2D eigenvalue weighted by Crippen LogP contribution is -2.24. The average Bonchev–Trinajstić information content (AvgIpc) is 1.98. The van der Waals surface area contributed by atoms with Gasteiger partial charge in [0.15, 0.2) is 0 Å². The Hall–Kier alpha value is -0.830. The minimum absolute atomic E-state index is 0.115. The maximum Gasteiger partial charge on any atom is 0.333 e. The van der Waals surface area contributed by atoms with Crippen LogP contribution in [0.5, 0.6) is 0 Å². The third-order valence-electron chi connectivity index (χ3n) is 1.42. The molecule has 3 nitrogen and oxygen atoms in total. The molecule has 13 heavy (non-hydrogen) atoms. The van der Waals surface area contributed by atoms with E-state index in [4.69, 9.17) is 10.5 Å². The summed E-state index contributed by atoms with van der Waals surface area (Å²) >= 11 is 0. The fraction of sp³-hybridized carbons (Fsp3) is 0.700. The third-order valence-corrected chi connectivity index (χ3v) is 1.42. The number of carbonyl (C=O) groups is 1. The van der Waals surface area contributed by atoms with Gasteiger partial charge < -0.3 is 10.5 Å². The van der Waals surface area contributed by atoms with Gasteiger partial charge in [0.2, 0.25) is 0 Å². The first kappa shape index (κ1) is 12.2. The molecule has 0 aromatic rings. The number of hydrogen-bond acceptors (Lipinski definition) is 3. The van der Waals surface area contributed by atoms with Gasteiger partial charge in [-0.2, -0.15) is 0 Å². The summed E-state index contributed by atoms with van der Waals surface area (Å²) in [5.74, 6) is 0.0985. The van der Waals surface area contributed by atoms with Gasteiger partial charge in [0.1, 0.15) is 6.61 Å². The molecular weight excluding hydrogens is 166 g/mol. The molecule has 0 heterocycles. The topological polar surface area (TPSA) is 52.3 Å². The maximum absolute atomic E-state index is 11.2. The molecule has 0 rings (SSSR count). The van der Waals surface area contributed by atoms with Crippen molar-refractivity contribution >= 4 is 5.97 Å². The van der Waals surface area contributed by atoms with Crippen molar-refractivity contribution in [2.45, 2.75) is 33.2 Å². The molecule has 0 aliphatic rings. The van der Waals surface area contributed by atoms with Crippen molar-refractivity contribution in [3.05, 3.63) is 12.2 Å². The Morgan fingerprint density at radius 1 is 1.46 bits per heavy atom. The van der Waals surface area contributed by atoms with E-state index in [1.165, 1.54) is 0 Å². The fourth-order valence-corrected chi connectivity index (χ4v) is 0.885. The highest BCUT2D eigenvalue weighted by molar-refractivity contribution is 5.87. The van der Waals surface area contributed by atoms with Crippen LogP contribution in [-0.2, 0) is 9.53 Å². The summed E-state index contributed by atoms with van der Waals surface area (Å²) in [6, 6.07) is -0.115. The lowest BCUT2D eigenvalue weighted by atomic mass is 10.1. The number of ether oxygens (including phenoxy) is 1. The number of carbonyl (C=O) groups excluding carboxylic acids is 1. The lowest BCUT2D eigenvalue weighted by Gasteiger charge is -2.10. The number of rotatable bonds is 5. The van der Waals surface area contributed by atoms with Gasteiger partial charge in [-0.3, -0.25) is 0 Å². The molecule has 0 amide bonds. The fourth-order valence-electron chi connectivity index (χ4n) is 0.885. The van der Waals surface area contributed by atoms with Gasteiger partial charge >= 0.3 is 5.97 Å². The quantitative estimate of drug-likeness (QED) is 0.521. The summed E-state index contributed by atoms with van der Waals surface area (Å²) in [5.41, 5.74) is 5.96.